The van der Waals surface area contributed by atoms with Crippen LogP contribution in [0.25, 0.3) is 6.08 Å². The summed E-state index contributed by atoms with van der Waals surface area (Å²) in [5.41, 5.74) is 2.92. The molecule has 1 N–H and O–H groups in total. The SMILES string of the molecule is Cc1ccc(N=C2NC(=O)/C(=C/c3cc([N+](=O)[O-])c(Cl)cc3Cl)S2)c(C)c1. The number of amides is 1. The Hall–Kier alpha value is -2.35. The lowest BCUT2D eigenvalue weighted by molar-refractivity contribution is -0.384. The van der Waals surface area contributed by atoms with E-state index in [2.05, 4.69) is 10.3 Å². The molecule has 2 aromatic carbocycles. The Bertz CT molecular complexity index is 1030. The van der Waals surface area contributed by atoms with E-state index in [0.717, 1.165) is 28.6 Å². The summed E-state index contributed by atoms with van der Waals surface area (Å²) < 4.78 is 0. The van der Waals surface area contributed by atoms with E-state index >= 15 is 0 Å². The Labute approximate surface area is 169 Å². The molecule has 1 aliphatic heterocycles. The van der Waals surface area contributed by atoms with E-state index in [4.69, 9.17) is 23.2 Å². The van der Waals surface area contributed by atoms with Crippen molar-refractivity contribution >= 4 is 63.5 Å². The van der Waals surface area contributed by atoms with Gasteiger partial charge in [0.1, 0.15) is 5.02 Å². The van der Waals surface area contributed by atoms with Gasteiger partial charge in [-0.15, -0.1) is 0 Å². The Morgan fingerprint density at radius 3 is 2.59 bits per heavy atom. The molecule has 1 aliphatic rings. The second-order valence-corrected chi connectivity index (χ2v) is 7.70. The standard InChI is InChI=1S/C18H13Cl2N3O3S/c1-9-3-4-14(10(2)5-9)21-18-22-17(24)16(27-18)7-11-6-15(23(25)26)13(20)8-12(11)19/h3-8H,1-2H3,(H,21,22,24)/b16-7-. The number of aryl methyl sites for hydroxylation is 2. The van der Waals surface area contributed by atoms with Crippen LogP contribution in [0.2, 0.25) is 10.0 Å². The highest BCUT2D eigenvalue weighted by Gasteiger charge is 2.25. The van der Waals surface area contributed by atoms with Gasteiger partial charge in [0, 0.05) is 16.7 Å². The topological polar surface area (TPSA) is 84.6 Å². The third-order valence-electron chi connectivity index (χ3n) is 3.77. The van der Waals surface area contributed by atoms with E-state index in [1.807, 2.05) is 32.0 Å². The first kappa shape index (κ1) is 19.4. The second-order valence-electron chi connectivity index (χ2n) is 5.85. The first-order valence-corrected chi connectivity index (χ1v) is 9.32. The normalized spacial score (nSPS) is 16.8. The first-order chi connectivity index (χ1) is 12.7. The molecule has 6 nitrogen and oxygen atoms in total. The number of nitro benzene ring substituents is 1. The van der Waals surface area contributed by atoms with E-state index in [0.29, 0.717) is 15.6 Å². The van der Waals surface area contributed by atoms with Gasteiger partial charge in [-0.1, -0.05) is 40.9 Å². The number of hydrogen-bond acceptors (Lipinski definition) is 5. The Morgan fingerprint density at radius 1 is 1.19 bits per heavy atom. The number of halogens is 2. The Balaban J connectivity index is 1.93. The van der Waals surface area contributed by atoms with Crippen molar-refractivity contribution in [3.05, 3.63) is 72.1 Å². The molecule has 1 heterocycles. The van der Waals surface area contributed by atoms with Crippen LogP contribution in [0.15, 0.2) is 40.2 Å². The van der Waals surface area contributed by atoms with Crippen LogP contribution in [0.3, 0.4) is 0 Å². The predicted octanol–water partition coefficient (Wildman–Crippen LogP) is 5.41. The molecule has 0 unspecified atom stereocenters. The summed E-state index contributed by atoms with van der Waals surface area (Å²) >= 11 is 13.1. The van der Waals surface area contributed by atoms with E-state index in [1.54, 1.807) is 0 Å². The second kappa shape index (κ2) is 7.72. The molecular formula is C18H13Cl2N3O3S. The fourth-order valence-electron chi connectivity index (χ4n) is 2.47. The van der Waals surface area contributed by atoms with Gasteiger partial charge in [0.15, 0.2) is 5.17 Å². The first-order valence-electron chi connectivity index (χ1n) is 7.75. The number of carbonyl (C=O) groups excluding carboxylic acids is 1. The highest BCUT2D eigenvalue weighted by molar-refractivity contribution is 8.18. The van der Waals surface area contributed by atoms with Gasteiger partial charge in [-0.2, -0.15) is 0 Å². The van der Waals surface area contributed by atoms with Crippen LogP contribution in [0.4, 0.5) is 11.4 Å². The number of rotatable bonds is 3. The molecule has 1 amide bonds. The number of nitrogens with zero attached hydrogens (tertiary/aromatic N) is 2. The van der Waals surface area contributed by atoms with Gasteiger partial charge in [-0.25, -0.2) is 4.99 Å². The number of carbonyl (C=O) groups is 1. The molecule has 1 saturated heterocycles. The molecule has 0 aliphatic carbocycles. The van der Waals surface area contributed by atoms with Crippen molar-refractivity contribution in [2.75, 3.05) is 0 Å². The molecule has 9 heteroatoms. The quantitative estimate of drug-likeness (QED) is 0.407. The van der Waals surface area contributed by atoms with Gasteiger partial charge in [0.2, 0.25) is 0 Å². The summed E-state index contributed by atoms with van der Waals surface area (Å²) in [6.45, 7) is 3.93. The molecule has 0 spiro atoms. The summed E-state index contributed by atoms with van der Waals surface area (Å²) in [7, 11) is 0. The Morgan fingerprint density at radius 2 is 1.93 bits per heavy atom. The molecule has 0 bridgehead atoms. The minimum atomic E-state index is -0.602. The molecule has 0 aromatic heterocycles. The van der Waals surface area contributed by atoms with Crippen LogP contribution >= 0.6 is 35.0 Å². The van der Waals surface area contributed by atoms with Gasteiger partial charge in [0.05, 0.1) is 15.5 Å². The van der Waals surface area contributed by atoms with E-state index < -0.39 is 4.92 Å². The van der Waals surface area contributed by atoms with Crippen molar-refractivity contribution in [2.45, 2.75) is 13.8 Å². The van der Waals surface area contributed by atoms with Crippen LogP contribution < -0.4 is 5.32 Å². The molecule has 1 fully saturated rings. The maximum atomic E-state index is 12.2. The van der Waals surface area contributed by atoms with Crippen molar-refractivity contribution in [1.82, 2.24) is 5.32 Å². The van der Waals surface area contributed by atoms with Gasteiger partial charge in [-0.05, 0) is 49.4 Å². The van der Waals surface area contributed by atoms with Crippen molar-refractivity contribution in [3.8, 4) is 0 Å². The summed E-state index contributed by atoms with van der Waals surface area (Å²) in [5.74, 6) is -0.350. The number of hydrogen-bond donors (Lipinski definition) is 1. The molecule has 0 saturated carbocycles. The molecule has 2 aromatic rings. The highest BCUT2D eigenvalue weighted by Crippen LogP contribution is 2.35. The highest BCUT2D eigenvalue weighted by atomic mass is 35.5. The van der Waals surface area contributed by atoms with E-state index in [9.17, 15) is 14.9 Å². The van der Waals surface area contributed by atoms with E-state index in [1.165, 1.54) is 18.2 Å². The lowest BCUT2D eigenvalue weighted by Crippen LogP contribution is -2.19. The van der Waals surface area contributed by atoms with Gasteiger partial charge < -0.3 is 5.32 Å². The number of nitrogens with one attached hydrogen (secondary N) is 1. The lowest BCUT2D eigenvalue weighted by Gasteiger charge is -2.02. The smallest absolute Gasteiger partial charge is 0.288 e. The zero-order valence-electron chi connectivity index (χ0n) is 14.2. The van der Waals surface area contributed by atoms with E-state index in [-0.39, 0.29) is 21.6 Å². The summed E-state index contributed by atoms with van der Waals surface area (Å²) in [5, 5.41) is 14.3. The maximum absolute atomic E-state index is 12.2. The number of thioether (sulfide) groups is 1. The van der Waals surface area contributed by atoms with Crippen molar-refractivity contribution in [1.29, 1.82) is 0 Å². The van der Waals surface area contributed by atoms with Crippen LogP contribution in [0, 0.1) is 24.0 Å². The zero-order chi connectivity index (χ0) is 19.7. The molecule has 3 rings (SSSR count). The predicted molar refractivity (Wildman–Crippen MR) is 110 cm³/mol. The minimum Gasteiger partial charge on any atom is -0.300 e. The average molecular weight is 422 g/mol. The summed E-state index contributed by atoms with van der Waals surface area (Å²) in [6, 6.07) is 8.35. The molecule has 27 heavy (non-hydrogen) atoms. The van der Waals surface area contributed by atoms with Crippen LogP contribution in [-0.4, -0.2) is 16.0 Å². The fourth-order valence-corrected chi connectivity index (χ4v) is 3.80. The summed E-state index contributed by atoms with van der Waals surface area (Å²) in [4.78, 5) is 27.5. The van der Waals surface area contributed by atoms with Gasteiger partial charge in [-0.3, -0.25) is 14.9 Å². The zero-order valence-corrected chi connectivity index (χ0v) is 16.6. The Kier molecular flexibility index (Phi) is 5.55. The summed E-state index contributed by atoms with van der Waals surface area (Å²) in [6.07, 6.45) is 1.48. The monoisotopic (exact) mass is 421 g/mol. The number of benzene rings is 2. The fraction of sp³-hybridized carbons (Fsp3) is 0.111. The molecule has 0 radical (unpaired) electrons. The molecule has 0 atom stereocenters. The number of nitro groups is 1. The number of aliphatic imine (C=N–C) groups is 1. The molecule has 138 valence electrons. The number of amidine groups is 1. The van der Waals surface area contributed by atoms with Gasteiger partial charge in [0.25, 0.3) is 11.6 Å². The third kappa shape index (κ3) is 4.32. The lowest BCUT2D eigenvalue weighted by atomic mass is 10.1. The van der Waals surface area contributed by atoms with Crippen molar-refractivity contribution in [3.63, 3.8) is 0 Å². The minimum absolute atomic E-state index is 0.0622. The molecular weight excluding hydrogens is 409 g/mol. The largest absolute Gasteiger partial charge is 0.300 e. The van der Waals surface area contributed by atoms with Crippen LogP contribution in [0.1, 0.15) is 16.7 Å². The van der Waals surface area contributed by atoms with Crippen molar-refractivity contribution < 1.29 is 9.72 Å². The third-order valence-corrected chi connectivity index (χ3v) is 5.31. The van der Waals surface area contributed by atoms with Gasteiger partial charge >= 0.3 is 0 Å². The van der Waals surface area contributed by atoms with Crippen LogP contribution in [0.5, 0.6) is 0 Å². The maximum Gasteiger partial charge on any atom is 0.288 e. The average Bonchev–Trinajstić information content (AvgIpc) is 2.92. The van der Waals surface area contributed by atoms with Crippen molar-refractivity contribution in [2.24, 2.45) is 4.99 Å². The van der Waals surface area contributed by atoms with Crippen LogP contribution in [-0.2, 0) is 4.79 Å².